The number of pyridine rings is 1. The number of alkyl halides is 6. The summed E-state index contributed by atoms with van der Waals surface area (Å²) in [6.07, 6.45) is -10.5. The van der Waals surface area contributed by atoms with Crippen LogP contribution in [0.3, 0.4) is 0 Å². The summed E-state index contributed by atoms with van der Waals surface area (Å²) in [7, 11) is 0.953. The molecular formula is C22H21F6N3O4. The number of para-hydroxylation sites is 1. The number of methoxy groups -OCH3 is 1. The van der Waals surface area contributed by atoms with Crippen molar-refractivity contribution >= 4 is 17.5 Å². The van der Waals surface area contributed by atoms with Gasteiger partial charge in [-0.15, -0.1) is 0 Å². The van der Waals surface area contributed by atoms with Gasteiger partial charge >= 0.3 is 12.4 Å². The standard InChI is InChI=1S/C22H21F6N3O4/c1-10-15(12-5-4-6-13(16(12)34-3)21(23,24)25)17(35-20(10,2)22(26,27)28)19(33)31-11-7-8-30-14(9-11)18(29)32/h4-10,15,17H,1-3H3,(H2,29,32)(H,30,31,33)/t10-,15+,17+,20+/m0/s1. The van der Waals surface area contributed by atoms with Crippen LogP contribution >= 0.6 is 0 Å². The second kappa shape index (κ2) is 9.02. The van der Waals surface area contributed by atoms with Gasteiger partial charge in [0.1, 0.15) is 17.5 Å². The Morgan fingerprint density at radius 2 is 1.83 bits per heavy atom. The van der Waals surface area contributed by atoms with E-state index >= 15 is 0 Å². The van der Waals surface area contributed by atoms with Crippen molar-refractivity contribution in [3.63, 3.8) is 0 Å². The fraction of sp³-hybridized carbons (Fsp3) is 0.409. The van der Waals surface area contributed by atoms with E-state index in [9.17, 15) is 35.9 Å². The number of ether oxygens (including phenoxy) is 2. The quantitative estimate of drug-likeness (QED) is 0.591. The van der Waals surface area contributed by atoms with Gasteiger partial charge in [-0.05, 0) is 25.1 Å². The summed E-state index contributed by atoms with van der Waals surface area (Å²) < 4.78 is 93.0. The Labute approximate surface area is 195 Å². The Balaban J connectivity index is 2.11. The summed E-state index contributed by atoms with van der Waals surface area (Å²) in [5.74, 6) is -5.66. The third-order valence-corrected chi connectivity index (χ3v) is 6.12. The third kappa shape index (κ3) is 4.77. The highest BCUT2D eigenvalue weighted by atomic mass is 19.4. The zero-order chi connectivity index (χ0) is 26.3. The lowest BCUT2D eigenvalue weighted by molar-refractivity contribution is -0.272. The number of amides is 2. The number of hydrogen-bond donors (Lipinski definition) is 2. The van der Waals surface area contributed by atoms with Crippen molar-refractivity contribution in [2.75, 3.05) is 12.4 Å². The van der Waals surface area contributed by atoms with Gasteiger partial charge in [0.25, 0.3) is 11.8 Å². The third-order valence-electron chi connectivity index (χ3n) is 6.12. The van der Waals surface area contributed by atoms with Crippen LogP contribution in [0.15, 0.2) is 36.5 Å². The smallest absolute Gasteiger partial charge is 0.419 e. The average Bonchev–Trinajstić information content (AvgIpc) is 3.04. The lowest BCUT2D eigenvalue weighted by Crippen LogP contribution is -2.47. The Hall–Kier alpha value is -3.35. The molecule has 1 aromatic heterocycles. The molecule has 0 unspecified atom stereocenters. The number of nitrogens with zero attached hydrogens (tertiary/aromatic N) is 1. The summed E-state index contributed by atoms with van der Waals surface area (Å²) in [5.41, 5.74) is 0.564. The second-order valence-corrected chi connectivity index (χ2v) is 8.17. The first-order valence-corrected chi connectivity index (χ1v) is 10.2. The van der Waals surface area contributed by atoms with Crippen LogP contribution in [-0.2, 0) is 15.7 Å². The van der Waals surface area contributed by atoms with Crippen molar-refractivity contribution in [2.45, 2.75) is 43.8 Å². The van der Waals surface area contributed by atoms with E-state index in [1.165, 1.54) is 12.1 Å². The number of primary amides is 1. The fourth-order valence-electron chi connectivity index (χ4n) is 4.15. The highest BCUT2D eigenvalue weighted by Crippen LogP contribution is 2.55. The molecule has 1 aliphatic rings. The molecule has 0 radical (unpaired) electrons. The van der Waals surface area contributed by atoms with Crippen molar-refractivity contribution in [3.05, 3.63) is 53.3 Å². The zero-order valence-corrected chi connectivity index (χ0v) is 18.6. The van der Waals surface area contributed by atoms with E-state index in [-0.39, 0.29) is 16.9 Å². The minimum Gasteiger partial charge on any atom is -0.496 e. The lowest BCUT2D eigenvalue weighted by Gasteiger charge is -2.32. The molecule has 2 aromatic rings. The minimum absolute atomic E-state index is 0.0228. The molecule has 4 atom stereocenters. The number of nitrogens with two attached hydrogens (primary N) is 1. The fourth-order valence-corrected chi connectivity index (χ4v) is 4.15. The predicted molar refractivity (Wildman–Crippen MR) is 111 cm³/mol. The van der Waals surface area contributed by atoms with Crippen LogP contribution < -0.4 is 15.8 Å². The molecule has 0 spiro atoms. The molecule has 1 fully saturated rings. The van der Waals surface area contributed by atoms with Gasteiger partial charge in [0.05, 0.1) is 12.7 Å². The van der Waals surface area contributed by atoms with Crippen LogP contribution in [0.1, 0.15) is 41.4 Å². The number of hydrogen-bond acceptors (Lipinski definition) is 5. The van der Waals surface area contributed by atoms with Gasteiger partial charge in [-0.2, -0.15) is 26.3 Å². The van der Waals surface area contributed by atoms with Gasteiger partial charge in [-0.1, -0.05) is 19.1 Å². The molecule has 13 heteroatoms. The Kier molecular flexibility index (Phi) is 6.77. The number of carbonyl (C=O) groups excluding carboxylic acids is 2. The van der Waals surface area contributed by atoms with Crippen LogP contribution in [0.25, 0.3) is 0 Å². The number of aromatic nitrogens is 1. The van der Waals surface area contributed by atoms with E-state index in [0.717, 1.165) is 45.4 Å². The molecule has 7 nitrogen and oxygen atoms in total. The molecule has 0 bridgehead atoms. The summed E-state index contributed by atoms with van der Waals surface area (Å²) in [4.78, 5) is 28.2. The monoisotopic (exact) mass is 505 g/mol. The molecule has 1 aromatic carbocycles. The molecule has 3 rings (SSSR count). The molecular weight excluding hydrogens is 484 g/mol. The van der Waals surface area contributed by atoms with E-state index in [1.807, 2.05) is 0 Å². The van der Waals surface area contributed by atoms with Crippen LogP contribution in [-0.4, -0.2) is 41.8 Å². The van der Waals surface area contributed by atoms with Crippen molar-refractivity contribution in [1.82, 2.24) is 4.98 Å². The molecule has 0 saturated carbocycles. The van der Waals surface area contributed by atoms with Crippen LogP contribution in [0.4, 0.5) is 32.0 Å². The first-order valence-electron chi connectivity index (χ1n) is 10.2. The predicted octanol–water partition coefficient (Wildman–Crippen LogP) is 4.29. The number of halogens is 6. The Morgan fingerprint density at radius 1 is 1.17 bits per heavy atom. The van der Waals surface area contributed by atoms with E-state index in [4.69, 9.17) is 15.2 Å². The maximum Gasteiger partial charge on any atom is 0.419 e. The highest BCUT2D eigenvalue weighted by molar-refractivity contribution is 5.97. The maximum absolute atomic E-state index is 14.0. The first-order chi connectivity index (χ1) is 16.1. The summed E-state index contributed by atoms with van der Waals surface area (Å²) in [5, 5.41) is 2.33. The van der Waals surface area contributed by atoms with Crippen molar-refractivity contribution < 1.29 is 45.4 Å². The van der Waals surface area contributed by atoms with E-state index in [0.29, 0.717) is 0 Å². The molecule has 2 heterocycles. The molecule has 1 aliphatic heterocycles. The van der Waals surface area contributed by atoms with E-state index in [2.05, 4.69) is 10.3 Å². The highest BCUT2D eigenvalue weighted by Gasteiger charge is 2.66. The normalized spacial score (nSPS) is 24.8. The minimum atomic E-state index is -4.95. The van der Waals surface area contributed by atoms with Crippen molar-refractivity contribution in [3.8, 4) is 5.75 Å². The second-order valence-electron chi connectivity index (χ2n) is 8.17. The number of nitrogens with one attached hydrogen (secondary N) is 1. The maximum atomic E-state index is 14.0. The van der Waals surface area contributed by atoms with Gasteiger partial charge in [0.2, 0.25) is 0 Å². The van der Waals surface area contributed by atoms with E-state index in [1.54, 1.807) is 0 Å². The average molecular weight is 505 g/mol. The number of benzene rings is 1. The summed E-state index contributed by atoms with van der Waals surface area (Å²) in [6, 6.07) is 5.27. The van der Waals surface area contributed by atoms with Gasteiger partial charge in [0.15, 0.2) is 5.60 Å². The molecule has 2 amide bonds. The lowest BCUT2D eigenvalue weighted by atomic mass is 9.76. The molecule has 0 aliphatic carbocycles. The number of anilines is 1. The topological polar surface area (TPSA) is 104 Å². The SMILES string of the molecule is COc1c([C@@H]2[C@H](C(=O)Nc3ccnc(C(N)=O)c3)O[C@@](C)(C(F)(F)F)[C@H]2C)cccc1C(F)(F)F. The largest absolute Gasteiger partial charge is 0.496 e. The van der Waals surface area contributed by atoms with Crippen LogP contribution in [0, 0.1) is 5.92 Å². The van der Waals surface area contributed by atoms with Gasteiger partial charge in [0, 0.05) is 29.3 Å². The number of rotatable bonds is 5. The van der Waals surface area contributed by atoms with Crippen LogP contribution in [0.5, 0.6) is 5.75 Å². The first kappa shape index (κ1) is 26.3. The van der Waals surface area contributed by atoms with Crippen molar-refractivity contribution in [1.29, 1.82) is 0 Å². The molecule has 3 N–H and O–H groups in total. The summed E-state index contributed by atoms with van der Waals surface area (Å²) in [6.45, 7) is 1.87. The Morgan fingerprint density at radius 3 is 2.37 bits per heavy atom. The Bertz CT molecular complexity index is 1140. The molecule has 1 saturated heterocycles. The summed E-state index contributed by atoms with van der Waals surface area (Å²) >= 11 is 0. The van der Waals surface area contributed by atoms with E-state index < -0.39 is 59.0 Å². The van der Waals surface area contributed by atoms with Gasteiger partial charge in [-0.3, -0.25) is 14.6 Å². The molecule has 190 valence electrons. The zero-order valence-electron chi connectivity index (χ0n) is 18.6. The van der Waals surface area contributed by atoms with Crippen molar-refractivity contribution in [2.24, 2.45) is 11.7 Å². The van der Waals surface area contributed by atoms with Gasteiger partial charge in [-0.25, -0.2) is 0 Å². The van der Waals surface area contributed by atoms with Crippen LogP contribution in [0.2, 0.25) is 0 Å². The van der Waals surface area contributed by atoms with Gasteiger partial charge < -0.3 is 20.5 Å². The number of carbonyl (C=O) groups is 2. The molecule has 35 heavy (non-hydrogen) atoms.